The Kier molecular flexibility index (Phi) is 11.4. The third kappa shape index (κ3) is 8.46. The van der Waals surface area contributed by atoms with Crippen LogP contribution in [0.25, 0.3) is 35.1 Å². The molecule has 0 aliphatic carbocycles. The van der Waals surface area contributed by atoms with E-state index in [2.05, 4.69) is 247 Å². The van der Waals surface area contributed by atoms with Gasteiger partial charge in [0.1, 0.15) is 0 Å². The van der Waals surface area contributed by atoms with Crippen LogP contribution < -0.4 is 9.80 Å². The van der Waals surface area contributed by atoms with Crippen LogP contribution in [-0.4, -0.2) is 0 Å². The lowest BCUT2D eigenvalue weighted by atomic mass is 9.91. The monoisotopic (exact) mass is 778 g/mol. The van der Waals surface area contributed by atoms with Crippen LogP contribution in [0.15, 0.2) is 158 Å². The van der Waals surface area contributed by atoms with E-state index < -0.39 is 0 Å². The summed E-state index contributed by atoms with van der Waals surface area (Å²) < 4.78 is 0. The molecule has 0 atom stereocenters. The lowest BCUT2D eigenvalue weighted by molar-refractivity contribution is 1.21. The molecule has 0 bridgehead atoms. The van der Waals surface area contributed by atoms with Gasteiger partial charge in [0.05, 0.1) is 11.4 Å². The summed E-state index contributed by atoms with van der Waals surface area (Å²) in [6.45, 7) is 17.7. The Labute approximate surface area is 357 Å². The van der Waals surface area contributed by atoms with E-state index >= 15 is 0 Å². The zero-order valence-electron chi connectivity index (χ0n) is 36.2. The SMILES string of the molecule is Cc1ccc(C=Cc2ccc(N(c3ccc(C)cc3)c3c(C)cc4c(C)c(N(c5ccc(C)cc5)c5ccc(C=Cc6ccc(C)cc6)cc5)c(C)cc4c3C)cc2)cc1. The van der Waals surface area contributed by atoms with Gasteiger partial charge in [-0.2, -0.15) is 0 Å². The van der Waals surface area contributed by atoms with Crippen LogP contribution >= 0.6 is 0 Å². The molecule has 0 saturated carbocycles. The van der Waals surface area contributed by atoms with Gasteiger partial charge < -0.3 is 9.80 Å². The zero-order chi connectivity index (χ0) is 41.9. The van der Waals surface area contributed by atoms with Crippen LogP contribution in [0.4, 0.5) is 34.1 Å². The summed E-state index contributed by atoms with van der Waals surface area (Å²) in [6.07, 6.45) is 8.75. The third-order valence-electron chi connectivity index (χ3n) is 11.7. The molecular formula is C58H54N2. The van der Waals surface area contributed by atoms with Crippen molar-refractivity contribution >= 4 is 69.2 Å². The molecule has 296 valence electrons. The molecule has 2 heteroatoms. The maximum Gasteiger partial charge on any atom is 0.0526 e. The first kappa shape index (κ1) is 39.9. The quantitative estimate of drug-likeness (QED) is 0.128. The molecule has 2 nitrogen and oxygen atoms in total. The van der Waals surface area contributed by atoms with E-state index in [9.17, 15) is 0 Å². The van der Waals surface area contributed by atoms with Crippen molar-refractivity contribution in [1.29, 1.82) is 0 Å². The van der Waals surface area contributed by atoms with Crippen molar-refractivity contribution in [3.05, 3.63) is 224 Å². The van der Waals surface area contributed by atoms with E-state index in [1.807, 2.05) is 0 Å². The lowest BCUT2D eigenvalue weighted by Gasteiger charge is -2.32. The second-order valence-electron chi connectivity index (χ2n) is 16.4. The summed E-state index contributed by atoms with van der Waals surface area (Å²) in [5, 5.41) is 2.54. The molecule has 0 saturated heterocycles. The maximum atomic E-state index is 2.43. The van der Waals surface area contributed by atoms with Crippen LogP contribution in [0.3, 0.4) is 0 Å². The van der Waals surface area contributed by atoms with Crippen LogP contribution in [0.1, 0.15) is 66.8 Å². The van der Waals surface area contributed by atoms with Crippen LogP contribution in [0.5, 0.6) is 0 Å². The van der Waals surface area contributed by atoms with Crippen molar-refractivity contribution in [3.63, 3.8) is 0 Å². The van der Waals surface area contributed by atoms with Gasteiger partial charge in [0.15, 0.2) is 0 Å². The number of anilines is 6. The minimum atomic E-state index is 1.13. The zero-order valence-corrected chi connectivity index (χ0v) is 36.2. The number of benzene rings is 8. The summed E-state index contributed by atoms with van der Waals surface area (Å²) >= 11 is 0. The molecule has 0 unspecified atom stereocenters. The summed E-state index contributed by atoms with van der Waals surface area (Å²) in [6, 6.07) is 57.8. The van der Waals surface area contributed by atoms with Crippen LogP contribution in [0.2, 0.25) is 0 Å². The number of hydrogen-bond donors (Lipinski definition) is 0. The highest BCUT2D eigenvalue weighted by Crippen LogP contribution is 2.46. The molecule has 0 fully saturated rings. The smallest absolute Gasteiger partial charge is 0.0526 e. The van der Waals surface area contributed by atoms with Crippen molar-refractivity contribution in [2.75, 3.05) is 9.80 Å². The number of nitrogens with zero attached hydrogens (tertiary/aromatic N) is 2. The fourth-order valence-corrected chi connectivity index (χ4v) is 8.29. The van der Waals surface area contributed by atoms with Crippen molar-refractivity contribution in [3.8, 4) is 0 Å². The van der Waals surface area contributed by atoms with E-state index in [0.29, 0.717) is 0 Å². The molecule has 0 aliphatic heterocycles. The number of aryl methyl sites for hydroxylation is 8. The van der Waals surface area contributed by atoms with Gasteiger partial charge in [-0.15, -0.1) is 0 Å². The summed E-state index contributed by atoms with van der Waals surface area (Å²) in [4.78, 5) is 4.87. The fraction of sp³-hybridized carbons (Fsp3) is 0.138. The van der Waals surface area contributed by atoms with Gasteiger partial charge in [-0.1, -0.05) is 144 Å². The van der Waals surface area contributed by atoms with E-state index in [1.165, 1.54) is 88.9 Å². The normalized spacial score (nSPS) is 11.5. The Morgan fingerprint density at radius 2 is 0.500 bits per heavy atom. The minimum absolute atomic E-state index is 1.13. The van der Waals surface area contributed by atoms with E-state index in [-0.39, 0.29) is 0 Å². The van der Waals surface area contributed by atoms with Gasteiger partial charge in [0.2, 0.25) is 0 Å². The molecule has 0 spiro atoms. The Hall–Kier alpha value is -6.90. The van der Waals surface area contributed by atoms with Crippen molar-refractivity contribution in [2.24, 2.45) is 0 Å². The van der Waals surface area contributed by atoms with Gasteiger partial charge in [-0.05, 0) is 171 Å². The Balaban J connectivity index is 1.20. The second kappa shape index (κ2) is 17.1. The summed E-state index contributed by atoms with van der Waals surface area (Å²) in [5.74, 6) is 0. The van der Waals surface area contributed by atoms with E-state index in [0.717, 1.165) is 22.7 Å². The minimum Gasteiger partial charge on any atom is -0.310 e. The highest BCUT2D eigenvalue weighted by Gasteiger charge is 2.23. The number of fused-ring (bicyclic) bond motifs is 1. The molecular weight excluding hydrogens is 725 g/mol. The van der Waals surface area contributed by atoms with E-state index in [4.69, 9.17) is 0 Å². The number of hydrogen-bond acceptors (Lipinski definition) is 2. The van der Waals surface area contributed by atoms with Crippen molar-refractivity contribution in [2.45, 2.75) is 55.4 Å². The molecule has 60 heavy (non-hydrogen) atoms. The molecule has 0 aromatic heterocycles. The molecule has 8 aromatic carbocycles. The van der Waals surface area contributed by atoms with Crippen LogP contribution in [-0.2, 0) is 0 Å². The van der Waals surface area contributed by atoms with Gasteiger partial charge in [-0.25, -0.2) is 0 Å². The van der Waals surface area contributed by atoms with E-state index in [1.54, 1.807) is 0 Å². The molecule has 0 heterocycles. The first-order valence-corrected chi connectivity index (χ1v) is 21.0. The first-order chi connectivity index (χ1) is 29.0. The fourth-order valence-electron chi connectivity index (χ4n) is 8.29. The average Bonchev–Trinajstić information content (AvgIpc) is 3.25. The molecule has 0 aliphatic rings. The second-order valence-corrected chi connectivity index (χ2v) is 16.4. The maximum absolute atomic E-state index is 2.43. The third-order valence-corrected chi connectivity index (χ3v) is 11.7. The molecule has 8 rings (SSSR count). The Bertz CT molecular complexity index is 2620. The average molecular weight is 779 g/mol. The van der Waals surface area contributed by atoms with Crippen LogP contribution in [0, 0.1) is 55.4 Å². The van der Waals surface area contributed by atoms with Crippen molar-refractivity contribution in [1.82, 2.24) is 0 Å². The molecule has 0 N–H and O–H groups in total. The van der Waals surface area contributed by atoms with Gasteiger partial charge in [0.25, 0.3) is 0 Å². The first-order valence-electron chi connectivity index (χ1n) is 21.0. The van der Waals surface area contributed by atoms with Gasteiger partial charge >= 0.3 is 0 Å². The molecule has 0 amide bonds. The largest absolute Gasteiger partial charge is 0.310 e. The standard InChI is InChI=1S/C58H54N2/c1-39-9-17-47(18-10-39)21-23-49-25-33-53(34-26-49)59(51-29-13-41(3)14-30-51)57-43(5)37-56-46(8)58(44(6)38-55(56)45(57)7)60(52-31-15-42(4)16-32-52)54-35-27-50(28-36-54)24-22-48-19-11-40(2)12-20-48/h9-38H,1-8H3. The van der Waals surface area contributed by atoms with Crippen molar-refractivity contribution < 1.29 is 0 Å². The Morgan fingerprint density at radius 3 is 0.767 bits per heavy atom. The predicted octanol–water partition coefficient (Wildman–Crippen LogP) is 16.6. The Morgan fingerprint density at radius 1 is 0.283 bits per heavy atom. The van der Waals surface area contributed by atoms with Gasteiger partial charge in [-0.3, -0.25) is 0 Å². The summed E-state index contributed by atoms with van der Waals surface area (Å²) in [5.41, 5.74) is 21.7. The highest BCUT2D eigenvalue weighted by atomic mass is 15.2. The predicted molar refractivity (Wildman–Crippen MR) is 262 cm³/mol. The number of rotatable bonds is 10. The molecule has 8 aromatic rings. The van der Waals surface area contributed by atoms with Gasteiger partial charge in [0, 0.05) is 22.7 Å². The lowest BCUT2D eigenvalue weighted by Crippen LogP contribution is -2.15. The molecule has 0 radical (unpaired) electrons. The topological polar surface area (TPSA) is 6.48 Å². The highest BCUT2D eigenvalue weighted by molar-refractivity contribution is 6.01. The summed E-state index contributed by atoms with van der Waals surface area (Å²) in [7, 11) is 0.